The predicted octanol–water partition coefficient (Wildman–Crippen LogP) is 1.91. The molecule has 1 fully saturated rings. The third kappa shape index (κ3) is 4.59. The number of rotatable bonds is 8. The fraction of sp³-hybridized carbons (Fsp3) is 0.588. The Hall–Kier alpha value is -2.31. The van der Waals surface area contributed by atoms with Gasteiger partial charge >= 0.3 is 5.97 Å². The standard InChI is InChI=1S/C17H24N2O5/c1-3-17(10-8-15(21)19-17)9-7-14(20)18-11-12-5-6-13(24-12)16(22)23-4-2/h5-6H,3-4,7-11H2,1-2H3,(H,18,20)(H,19,21)/t17-/m1/s1. The Labute approximate surface area is 141 Å². The first-order chi connectivity index (χ1) is 11.5. The normalized spacial score (nSPS) is 19.8. The van der Waals surface area contributed by atoms with E-state index in [1.165, 1.54) is 6.07 Å². The van der Waals surface area contributed by atoms with Gasteiger partial charge in [-0.25, -0.2) is 4.79 Å². The smallest absolute Gasteiger partial charge is 0.374 e. The van der Waals surface area contributed by atoms with Gasteiger partial charge in [0.15, 0.2) is 0 Å². The highest BCUT2D eigenvalue weighted by molar-refractivity contribution is 5.86. The summed E-state index contributed by atoms with van der Waals surface area (Å²) in [6.45, 7) is 4.23. The first kappa shape index (κ1) is 18.0. The second-order valence-corrected chi connectivity index (χ2v) is 5.95. The third-order valence-corrected chi connectivity index (χ3v) is 4.34. The van der Waals surface area contributed by atoms with Gasteiger partial charge in [0.25, 0.3) is 0 Å². The maximum Gasteiger partial charge on any atom is 0.374 e. The zero-order chi connectivity index (χ0) is 17.6. The average molecular weight is 336 g/mol. The summed E-state index contributed by atoms with van der Waals surface area (Å²) in [6.07, 6.45) is 3.06. The highest BCUT2D eigenvalue weighted by atomic mass is 16.5. The van der Waals surface area contributed by atoms with Crippen LogP contribution in [-0.4, -0.2) is 29.9 Å². The van der Waals surface area contributed by atoms with Crippen molar-refractivity contribution < 1.29 is 23.5 Å². The van der Waals surface area contributed by atoms with Crippen LogP contribution in [0.1, 0.15) is 62.3 Å². The van der Waals surface area contributed by atoms with Crippen molar-refractivity contribution in [3.05, 3.63) is 23.7 Å². The van der Waals surface area contributed by atoms with Gasteiger partial charge in [0.1, 0.15) is 5.76 Å². The maximum atomic E-state index is 12.0. The molecule has 0 radical (unpaired) electrons. The molecule has 2 rings (SSSR count). The number of carbonyl (C=O) groups is 3. The van der Waals surface area contributed by atoms with Crippen LogP contribution in [-0.2, 0) is 20.9 Å². The number of hydrogen-bond donors (Lipinski definition) is 2. The van der Waals surface area contributed by atoms with Crippen LogP contribution in [0.5, 0.6) is 0 Å². The van der Waals surface area contributed by atoms with Crippen molar-refractivity contribution in [2.75, 3.05) is 6.61 Å². The van der Waals surface area contributed by atoms with E-state index in [-0.39, 0.29) is 36.3 Å². The Morgan fingerprint density at radius 3 is 2.79 bits per heavy atom. The van der Waals surface area contributed by atoms with Gasteiger partial charge in [-0.3, -0.25) is 9.59 Å². The quantitative estimate of drug-likeness (QED) is 0.707. The lowest BCUT2D eigenvalue weighted by molar-refractivity contribution is -0.123. The monoisotopic (exact) mass is 336 g/mol. The van der Waals surface area contributed by atoms with Crippen molar-refractivity contribution in [2.24, 2.45) is 0 Å². The maximum absolute atomic E-state index is 12.0. The molecule has 7 nitrogen and oxygen atoms in total. The van der Waals surface area contributed by atoms with Crippen LogP contribution in [0.4, 0.5) is 0 Å². The van der Waals surface area contributed by atoms with E-state index >= 15 is 0 Å². The molecule has 1 saturated heterocycles. The molecule has 0 bridgehead atoms. The van der Waals surface area contributed by atoms with Gasteiger partial charge in [0, 0.05) is 18.4 Å². The lowest BCUT2D eigenvalue weighted by Crippen LogP contribution is -2.42. The molecule has 2 N–H and O–H groups in total. The van der Waals surface area contributed by atoms with E-state index in [0.717, 1.165) is 12.8 Å². The van der Waals surface area contributed by atoms with Crippen LogP contribution in [0.3, 0.4) is 0 Å². The zero-order valence-corrected chi connectivity index (χ0v) is 14.1. The molecule has 0 spiro atoms. The summed E-state index contributed by atoms with van der Waals surface area (Å²) < 4.78 is 10.2. The Bertz CT molecular complexity index is 610. The molecular formula is C17H24N2O5. The van der Waals surface area contributed by atoms with E-state index in [1.54, 1.807) is 13.0 Å². The van der Waals surface area contributed by atoms with Crippen molar-refractivity contribution in [3.8, 4) is 0 Å². The number of furan rings is 1. The molecule has 1 atom stereocenters. The Kier molecular flexibility index (Phi) is 6.00. The van der Waals surface area contributed by atoms with Gasteiger partial charge in [-0.15, -0.1) is 0 Å². The molecule has 1 aromatic heterocycles. The van der Waals surface area contributed by atoms with Crippen molar-refractivity contribution in [2.45, 2.75) is 58.0 Å². The van der Waals surface area contributed by atoms with Crippen molar-refractivity contribution >= 4 is 17.8 Å². The van der Waals surface area contributed by atoms with Crippen molar-refractivity contribution in [3.63, 3.8) is 0 Å². The van der Waals surface area contributed by atoms with Gasteiger partial charge in [-0.2, -0.15) is 0 Å². The molecule has 132 valence electrons. The van der Waals surface area contributed by atoms with Crippen LogP contribution in [0.15, 0.2) is 16.5 Å². The fourth-order valence-corrected chi connectivity index (χ4v) is 2.81. The molecule has 0 saturated carbocycles. The van der Waals surface area contributed by atoms with Crippen LogP contribution in [0, 0.1) is 0 Å². The first-order valence-electron chi connectivity index (χ1n) is 8.31. The molecule has 1 aliphatic heterocycles. The third-order valence-electron chi connectivity index (χ3n) is 4.34. The van der Waals surface area contributed by atoms with Crippen molar-refractivity contribution in [1.29, 1.82) is 0 Å². The molecule has 1 aromatic rings. The zero-order valence-electron chi connectivity index (χ0n) is 14.1. The van der Waals surface area contributed by atoms with Crippen LogP contribution >= 0.6 is 0 Å². The lowest BCUT2D eigenvalue weighted by atomic mass is 9.89. The Morgan fingerprint density at radius 1 is 1.38 bits per heavy atom. The van der Waals surface area contributed by atoms with E-state index in [2.05, 4.69) is 10.6 Å². The largest absolute Gasteiger partial charge is 0.460 e. The number of nitrogens with one attached hydrogen (secondary N) is 2. The van der Waals surface area contributed by atoms with E-state index < -0.39 is 5.97 Å². The lowest BCUT2D eigenvalue weighted by Gasteiger charge is -2.27. The number of ether oxygens (including phenoxy) is 1. The summed E-state index contributed by atoms with van der Waals surface area (Å²) in [5.41, 5.74) is -0.254. The Morgan fingerprint density at radius 2 is 2.17 bits per heavy atom. The van der Waals surface area contributed by atoms with Gasteiger partial charge in [-0.1, -0.05) is 6.92 Å². The van der Waals surface area contributed by atoms with Gasteiger partial charge in [-0.05, 0) is 38.3 Å². The topological polar surface area (TPSA) is 97.6 Å². The van der Waals surface area contributed by atoms with Crippen LogP contribution < -0.4 is 10.6 Å². The van der Waals surface area contributed by atoms with Gasteiger partial charge < -0.3 is 19.8 Å². The van der Waals surface area contributed by atoms with Gasteiger partial charge in [0.05, 0.1) is 13.2 Å². The molecule has 7 heteroatoms. The number of carbonyl (C=O) groups excluding carboxylic acids is 3. The second kappa shape index (κ2) is 7.99. The summed E-state index contributed by atoms with van der Waals surface area (Å²) in [5.74, 6) is 0.0415. The molecule has 0 aliphatic carbocycles. The molecule has 24 heavy (non-hydrogen) atoms. The summed E-state index contributed by atoms with van der Waals surface area (Å²) in [7, 11) is 0. The predicted molar refractivity (Wildman–Crippen MR) is 86.1 cm³/mol. The first-order valence-corrected chi connectivity index (χ1v) is 8.31. The minimum Gasteiger partial charge on any atom is -0.460 e. The number of hydrogen-bond acceptors (Lipinski definition) is 5. The van der Waals surface area contributed by atoms with E-state index in [0.29, 0.717) is 25.0 Å². The van der Waals surface area contributed by atoms with Crippen LogP contribution in [0.25, 0.3) is 0 Å². The minimum atomic E-state index is -0.517. The van der Waals surface area contributed by atoms with Gasteiger partial charge in [0.2, 0.25) is 17.6 Å². The van der Waals surface area contributed by atoms with Crippen molar-refractivity contribution in [1.82, 2.24) is 10.6 Å². The highest BCUT2D eigenvalue weighted by Gasteiger charge is 2.35. The summed E-state index contributed by atoms with van der Waals surface area (Å²) in [4.78, 5) is 34.9. The summed E-state index contributed by atoms with van der Waals surface area (Å²) in [6, 6.07) is 3.16. The fourth-order valence-electron chi connectivity index (χ4n) is 2.81. The minimum absolute atomic E-state index is 0.0549. The second-order valence-electron chi connectivity index (χ2n) is 5.95. The molecule has 2 amide bonds. The SMILES string of the molecule is CCOC(=O)c1ccc(CNC(=O)CC[C@]2(CC)CCC(=O)N2)o1. The van der Waals surface area contributed by atoms with E-state index in [9.17, 15) is 14.4 Å². The summed E-state index contributed by atoms with van der Waals surface area (Å²) in [5, 5.41) is 5.75. The average Bonchev–Trinajstić information content (AvgIpc) is 3.19. The van der Waals surface area contributed by atoms with Crippen LogP contribution in [0.2, 0.25) is 0 Å². The number of amides is 2. The molecule has 1 aliphatic rings. The molecule has 0 aromatic carbocycles. The Balaban J connectivity index is 1.77. The van der Waals surface area contributed by atoms with E-state index in [1.807, 2.05) is 6.92 Å². The highest BCUT2D eigenvalue weighted by Crippen LogP contribution is 2.28. The molecular weight excluding hydrogens is 312 g/mol. The number of esters is 1. The summed E-state index contributed by atoms with van der Waals surface area (Å²) >= 11 is 0. The molecule has 0 unspecified atom stereocenters. The molecule has 2 heterocycles. The van der Waals surface area contributed by atoms with E-state index in [4.69, 9.17) is 9.15 Å².